The van der Waals surface area contributed by atoms with E-state index >= 15 is 0 Å². The van der Waals surface area contributed by atoms with Crippen molar-refractivity contribution in [1.29, 1.82) is 0 Å². The van der Waals surface area contributed by atoms with Crippen LogP contribution in [-0.2, 0) is 11.2 Å². The van der Waals surface area contributed by atoms with E-state index in [1.807, 2.05) is 12.1 Å². The number of aliphatic hydroxyl groups excluding tert-OH is 1. The normalized spacial score (nSPS) is 23.0. The standard InChI is InChI=1S/C22H28O3S/c1-15-4-7-17(22-13-19(23)12-21(25-22)14-26-3)11-18(15)10-16-5-8-20(24-2)9-6-16/h4-9,11,19,21-23H,10,12-14H2,1-3H3. The molecule has 0 bridgehead atoms. The van der Waals surface area contributed by atoms with Gasteiger partial charge < -0.3 is 14.6 Å². The fraction of sp³-hybridized carbons (Fsp3) is 0.455. The van der Waals surface area contributed by atoms with Crippen LogP contribution in [0.4, 0.5) is 0 Å². The lowest BCUT2D eigenvalue weighted by Gasteiger charge is -2.33. The van der Waals surface area contributed by atoms with Crippen molar-refractivity contribution in [3.63, 3.8) is 0 Å². The lowest BCUT2D eigenvalue weighted by molar-refractivity contribution is -0.0875. The summed E-state index contributed by atoms with van der Waals surface area (Å²) in [5, 5.41) is 10.2. The zero-order valence-corrected chi connectivity index (χ0v) is 16.6. The summed E-state index contributed by atoms with van der Waals surface area (Å²) in [6, 6.07) is 14.8. The third-order valence-electron chi connectivity index (χ3n) is 5.03. The Kier molecular flexibility index (Phi) is 6.63. The Bertz CT molecular complexity index is 714. The minimum atomic E-state index is -0.280. The van der Waals surface area contributed by atoms with Crippen molar-refractivity contribution < 1.29 is 14.6 Å². The maximum atomic E-state index is 10.2. The molecule has 0 aromatic heterocycles. The second-order valence-electron chi connectivity index (χ2n) is 7.04. The zero-order valence-electron chi connectivity index (χ0n) is 15.8. The Morgan fingerprint density at radius 1 is 1.15 bits per heavy atom. The third kappa shape index (κ3) is 4.81. The number of hydrogen-bond acceptors (Lipinski definition) is 4. The average Bonchev–Trinajstić information content (AvgIpc) is 2.64. The number of aliphatic hydroxyl groups is 1. The van der Waals surface area contributed by atoms with Crippen molar-refractivity contribution in [2.45, 2.75) is 44.5 Å². The summed E-state index contributed by atoms with van der Waals surface area (Å²) in [5.74, 6) is 1.81. The highest BCUT2D eigenvalue weighted by molar-refractivity contribution is 7.98. The van der Waals surface area contributed by atoms with E-state index in [1.54, 1.807) is 18.9 Å². The minimum absolute atomic E-state index is 0.0221. The fourth-order valence-electron chi connectivity index (χ4n) is 3.54. The minimum Gasteiger partial charge on any atom is -0.497 e. The Hall–Kier alpha value is -1.49. The van der Waals surface area contributed by atoms with E-state index in [0.29, 0.717) is 6.42 Å². The van der Waals surface area contributed by atoms with Crippen LogP contribution in [0.25, 0.3) is 0 Å². The molecule has 2 aromatic rings. The second-order valence-corrected chi connectivity index (χ2v) is 7.95. The summed E-state index contributed by atoms with van der Waals surface area (Å²) in [6.45, 7) is 2.15. The van der Waals surface area contributed by atoms with Crippen LogP contribution in [0.15, 0.2) is 42.5 Å². The van der Waals surface area contributed by atoms with Crippen molar-refractivity contribution in [3.05, 3.63) is 64.7 Å². The molecule has 4 heteroatoms. The summed E-state index contributed by atoms with van der Waals surface area (Å²) in [5.41, 5.74) is 5.01. The van der Waals surface area contributed by atoms with Crippen LogP contribution in [0.5, 0.6) is 5.75 Å². The number of rotatable bonds is 6. The van der Waals surface area contributed by atoms with Gasteiger partial charge in [-0.2, -0.15) is 11.8 Å². The first-order valence-electron chi connectivity index (χ1n) is 9.14. The van der Waals surface area contributed by atoms with Gasteiger partial charge in [-0.1, -0.05) is 30.3 Å². The predicted molar refractivity (Wildman–Crippen MR) is 108 cm³/mol. The largest absolute Gasteiger partial charge is 0.497 e. The molecule has 3 rings (SSSR count). The molecule has 1 saturated heterocycles. The van der Waals surface area contributed by atoms with Crippen LogP contribution in [0.1, 0.15) is 41.2 Å². The molecular formula is C22H28O3S. The van der Waals surface area contributed by atoms with E-state index in [9.17, 15) is 5.11 Å². The smallest absolute Gasteiger partial charge is 0.118 e. The van der Waals surface area contributed by atoms with Crippen LogP contribution < -0.4 is 4.74 Å². The molecule has 3 unspecified atom stereocenters. The van der Waals surface area contributed by atoms with Crippen LogP contribution in [-0.4, -0.2) is 36.4 Å². The van der Waals surface area contributed by atoms with E-state index in [2.05, 4.69) is 43.5 Å². The van der Waals surface area contributed by atoms with Crippen molar-refractivity contribution >= 4 is 11.8 Å². The quantitative estimate of drug-likeness (QED) is 0.808. The first-order chi connectivity index (χ1) is 12.6. The number of thioether (sulfide) groups is 1. The van der Waals surface area contributed by atoms with Crippen LogP contribution in [0.2, 0.25) is 0 Å². The van der Waals surface area contributed by atoms with Crippen molar-refractivity contribution in [1.82, 2.24) is 0 Å². The Morgan fingerprint density at radius 2 is 1.92 bits per heavy atom. The average molecular weight is 373 g/mol. The molecule has 0 saturated carbocycles. The molecule has 3 atom stereocenters. The van der Waals surface area contributed by atoms with E-state index in [4.69, 9.17) is 9.47 Å². The first kappa shape index (κ1) is 19.3. The van der Waals surface area contributed by atoms with Gasteiger partial charge in [0.25, 0.3) is 0 Å². The topological polar surface area (TPSA) is 38.7 Å². The van der Waals surface area contributed by atoms with E-state index < -0.39 is 0 Å². The molecule has 2 aromatic carbocycles. The Morgan fingerprint density at radius 3 is 2.62 bits per heavy atom. The van der Waals surface area contributed by atoms with Gasteiger partial charge in [0.15, 0.2) is 0 Å². The van der Waals surface area contributed by atoms with Crippen LogP contribution in [0, 0.1) is 6.92 Å². The van der Waals surface area contributed by atoms with Gasteiger partial charge in [-0.15, -0.1) is 0 Å². The SMILES string of the molecule is COc1ccc(Cc2cc(C3CC(O)CC(CSC)O3)ccc2C)cc1. The van der Waals surface area contributed by atoms with Crippen molar-refractivity contribution in [3.8, 4) is 5.75 Å². The van der Waals surface area contributed by atoms with Crippen molar-refractivity contribution in [2.24, 2.45) is 0 Å². The summed E-state index contributed by atoms with van der Waals surface area (Å²) >= 11 is 1.77. The van der Waals surface area contributed by atoms with Gasteiger partial charge in [-0.25, -0.2) is 0 Å². The maximum absolute atomic E-state index is 10.2. The molecular weight excluding hydrogens is 344 g/mol. The summed E-state index contributed by atoms with van der Waals surface area (Å²) < 4.78 is 11.5. The number of hydrogen-bond donors (Lipinski definition) is 1. The number of methoxy groups -OCH3 is 1. The van der Waals surface area contributed by atoms with E-state index in [1.165, 1.54) is 22.3 Å². The first-order valence-corrected chi connectivity index (χ1v) is 10.5. The number of benzene rings is 2. The van der Waals surface area contributed by atoms with Gasteiger partial charge in [-0.3, -0.25) is 0 Å². The van der Waals surface area contributed by atoms with Gasteiger partial charge in [-0.05, 0) is 54.0 Å². The highest BCUT2D eigenvalue weighted by Crippen LogP contribution is 2.33. The van der Waals surface area contributed by atoms with Crippen LogP contribution >= 0.6 is 11.8 Å². The van der Waals surface area contributed by atoms with Crippen LogP contribution in [0.3, 0.4) is 0 Å². The Labute approximate surface area is 160 Å². The number of aryl methyl sites for hydroxylation is 1. The third-order valence-corrected chi connectivity index (χ3v) is 5.73. The summed E-state index contributed by atoms with van der Waals surface area (Å²) in [4.78, 5) is 0. The molecule has 1 aliphatic rings. The monoisotopic (exact) mass is 372 g/mol. The van der Waals surface area contributed by atoms with Gasteiger partial charge >= 0.3 is 0 Å². The highest BCUT2D eigenvalue weighted by Gasteiger charge is 2.29. The fourth-order valence-corrected chi connectivity index (χ4v) is 4.13. The predicted octanol–water partition coefficient (Wildman–Crippen LogP) is 4.54. The molecule has 26 heavy (non-hydrogen) atoms. The summed E-state index contributed by atoms with van der Waals surface area (Å²) in [7, 11) is 1.69. The molecule has 1 fully saturated rings. The molecule has 0 spiro atoms. The summed E-state index contributed by atoms with van der Waals surface area (Å²) in [6.07, 6.45) is 4.21. The lowest BCUT2D eigenvalue weighted by Crippen LogP contribution is -2.32. The molecule has 0 radical (unpaired) electrons. The van der Waals surface area contributed by atoms with E-state index in [0.717, 1.165) is 24.3 Å². The molecule has 1 heterocycles. The molecule has 3 nitrogen and oxygen atoms in total. The molecule has 140 valence electrons. The van der Waals surface area contributed by atoms with Gasteiger partial charge in [0.1, 0.15) is 5.75 Å². The van der Waals surface area contributed by atoms with Crippen molar-refractivity contribution in [2.75, 3.05) is 19.1 Å². The highest BCUT2D eigenvalue weighted by atomic mass is 32.2. The Balaban J connectivity index is 1.78. The maximum Gasteiger partial charge on any atom is 0.118 e. The molecule has 1 aliphatic heterocycles. The van der Waals surface area contributed by atoms with E-state index in [-0.39, 0.29) is 18.3 Å². The van der Waals surface area contributed by atoms with Gasteiger partial charge in [0.2, 0.25) is 0 Å². The molecule has 0 amide bonds. The zero-order chi connectivity index (χ0) is 18.5. The van der Waals surface area contributed by atoms with Gasteiger partial charge in [0.05, 0.1) is 25.4 Å². The molecule has 1 N–H and O–H groups in total. The van der Waals surface area contributed by atoms with Gasteiger partial charge in [0, 0.05) is 18.6 Å². The number of ether oxygens (including phenoxy) is 2. The molecule has 0 aliphatic carbocycles. The second kappa shape index (κ2) is 8.94. The lowest BCUT2D eigenvalue weighted by atomic mass is 9.92.